The average molecular weight is 268 g/mol. The molecule has 0 aliphatic heterocycles. The van der Waals surface area contributed by atoms with Gasteiger partial charge in [0, 0.05) is 11.3 Å². The Hall–Kier alpha value is -2.11. The van der Waals surface area contributed by atoms with Gasteiger partial charge in [-0.2, -0.15) is 0 Å². The molecule has 1 atom stereocenters. The fourth-order valence-electron chi connectivity index (χ4n) is 1.61. The molecule has 0 saturated heterocycles. The van der Waals surface area contributed by atoms with Gasteiger partial charge in [0.25, 0.3) is 0 Å². The van der Waals surface area contributed by atoms with Crippen molar-refractivity contribution in [2.24, 2.45) is 0 Å². The fourth-order valence-corrected chi connectivity index (χ4v) is 1.61. The number of carboxylic acid groups (broad SMARTS) is 1. The lowest BCUT2D eigenvalue weighted by atomic mass is 10.1. The first kappa shape index (κ1) is 14.9. The number of carbonyl (C=O) groups is 2. The summed E-state index contributed by atoms with van der Waals surface area (Å²) in [6.45, 7) is 3.36. The number of carbonyl (C=O) groups excluding carboxylic acids is 1. The maximum atomic E-state index is 13.3. The van der Waals surface area contributed by atoms with Crippen LogP contribution in [0.4, 0.5) is 14.9 Å². The molecule has 0 bridgehead atoms. The van der Waals surface area contributed by atoms with Crippen molar-refractivity contribution in [3.8, 4) is 0 Å². The number of anilines is 1. The second-order valence-corrected chi connectivity index (χ2v) is 4.19. The third-order valence-electron chi connectivity index (χ3n) is 2.70. The smallest absolute Gasteiger partial charge is 0.326 e. The van der Waals surface area contributed by atoms with E-state index >= 15 is 0 Å². The van der Waals surface area contributed by atoms with Crippen LogP contribution in [0.1, 0.15) is 25.3 Å². The van der Waals surface area contributed by atoms with E-state index in [9.17, 15) is 14.0 Å². The van der Waals surface area contributed by atoms with E-state index in [1.54, 1.807) is 6.07 Å². The number of halogens is 1. The molecule has 0 spiro atoms. The van der Waals surface area contributed by atoms with E-state index in [0.717, 1.165) is 0 Å². The molecule has 0 aliphatic rings. The van der Waals surface area contributed by atoms with Gasteiger partial charge in [0.05, 0.1) is 0 Å². The molecule has 1 aromatic carbocycles. The summed E-state index contributed by atoms with van der Waals surface area (Å²) in [5.74, 6) is -1.52. The van der Waals surface area contributed by atoms with Crippen LogP contribution in [0.25, 0.3) is 0 Å². The van der Waals surface area contributed by atoms with Gasteiger partial charge in [-0.05, 0) is 25.5 Å². The Morgan fingerprint density at radius 1 is 1.42 bits per heavy atom. The minimum absolute atomic E-state index is 0.306. The first-order valence-corrected chi connectivity index (χ1v) is 6.01. The Morgan fingerprint density at radius 2 is 2.11 bits per heavy atom. The van der Waals surface area contributed by atoms with Crippen molar-refractivity contribution < 1.29 is 19.1 Å². The van der Waals surface area contributed by atoms with Crippen molar-refractivity contribution in [1.29, 1.82) is 0 Å². The van der Waals surface area contributed by atoms with Crippen LogP contribution in [0, 0.1) is 12.7 Å². The monoisotopic (exact) mass is 268 g/mol. The summed E-state index contributed by atoms with van der Waals surface area (Å²) >= 11 is 0. The molecular weight excluding hydrogens is 251 g/mol. The quantitative estimate of drug-likeness (QED) is 0.767. The summed E-state index contributed by atoms with van der Waals surface area (Å²) in [6.07, 6.45) is 0.973. The zero-order chi connectivity index (χ0) is 14.4. The molecule has 0 unspecified atom stereocenters. The second-order valence-electron chi connectivity index (χ2n) is 4.19. The minimum Gasteiger partial charge on any atom is -0.480 e. The standard InChI is InChI=1S/C13H17FN2O3/c1-3-5-11(12(17)18)16-13(19)15-10-7-4-6-9(14)8(10)2/h4,6-7,11H,3,5H2,1-2H3,(H,17,18)(H2,15,16,19)/t11-/m0/s1. The van der Waals surface area contributed by atoms with Crippen molar-refractivity contribution in [1.82, 2.24) is 5.32 Å². The Bertz CT molecular complexity index is 477. The topological polar surface area (TPSA) is 78.4 Å². The maximum absolute atomic E-state index is 13.3. The molecule has 1 aromatic rings. The molecule has 0 saturated carbocycles. The van der Waals surface area contributed by atoms with E-state index in [1.807, 2.05) is 6.92 Å². The van der Waals surface area contributed by atoms with E-state index < -0.39 is 23.9 Å². The van der Waals surface area contributed by atoms with Crippen LogP contribution in [0.5, 0.6) is 0 Å². The Balaban J connectivity index is 2.69. The van der Waals surface area contributed by atoms with E-state index in [0.29, 0.717) is 24.1 Å². The highest BCUT2D eigenvalue weighted by Gasteiger charge is 2.19. The number of hydrogen-bond acceptors (Lipinski definition) is 2. The Labute approximate surface area is 110 Å². The molecule has 6 heteroatoms. The third-order valence-corrected chi connectivity index (χ3v) is 2.70. The molecule has 19 heavy (non-hydrogen) atoms. The highest BCUT2D eigenvalue weighted by molar-refractivity contribution is 5.92. The van der Waals surface area contributed by atoms with Gasteiger partial charge in [0.1, 0.15) is 11.9 Å². The molecule has 0 aromatic heterocycles. The molecule has 0 fully saturated rings. The predicted octanol–water partition coefficient (Wildman–Crippen LogP) is 2.51. The van der Waals surface area contributed by atoms with Crippen LogP contribution < -0.4 is 10.6 Å². The van der Waals surface area contributed by atoms with E-state index in [1.165, 1.54) is 19.1 Å². The van der Waals surface area contributed by atoms with Gasteiger partial charge >= 0.3 is 12.0 Å². The highest BCUT2D eigenvalue weighted by atomic mass is 19.1. The molecular formula is C13H17FN2O3. The number of benzene rings is 1. The van der Waals surface area contributed by atoms with Gasteiger partial charge in [-0.25, -0.2) is 14.0 Å². The van der Waals surface area contributed by atoms with E-state index in [2.05, 4.69) is 10.6 Å². The number of rotatable bonds is 5. The lowest BCUT2D eigenvalue weighted by Gasteiger charge is -2.15. The van der Waals surface area contributed by atoms with Gasteiger partial charge in [-0.1, -0.05) is 19.4 Å². The number of aliphatic carboxylic acids is 1. The maximum Gasteiger partial charge on any atom is 0.326 e. The highest BCUT2D eigenvalue weighted by Crippen LogP contribution is 2.17. The summed E-state index contributed by atoms with van der Waals surface area (Å²) in [7, 11) is 0. The molecule has 3 N–H and O–H groups in total. The summed E-state index contributed by atoms with van der Waals surface area (Å²) in [5, 5.41) is 13.7. The zero-order valence-corrected chi connectivity index (χ0v) is 10.9. The Kier molecular flexibility index (Phi) is 5.29. The average Bonchev–Trinajstić information content (AvgIpc) is 2.34. The SMILES string of the molecule is CCC[C@H](NC(=O)Nc1cccc(F)c1C)C(=O)O. The predicted molar refractivity (Wildman–Crippen MR) is 69.6 cm³/mol. The summed E-state index contributed by atoms with van der Waals surface area (Å²) in [4.78, 5) is 22.6. The van der Waals surface area contributed by atoms with E-state index in [-0.39, 0.29) is 0 Å². The first-order chi connectivity index (χ1) is 8.95. The molecule has 0 aliphatic carbocycles. The molecule has 0 radical (unpaired) electrons. The van der Waals surface area contributed by atoms with Gasteiger partial charge in [-0.15, -0.1) is 0 Å². The van der Waals surface area contributed by atoms with Crippen LogP contribution in [0.3, 0.4) is 0 Å². The van der Waals surface area contributed by atoms with Crippen LogP contribution in [-0.4, -0.2) is 23.1 Å². The minimum atomic E-state index is -1.09. The number of urea groups is 1. The molecule has 2 amide bonds. The van der Waals surface area contributed by atoms with Crippen LogP contribution in [0.2, 0.25) is 0 Å². The van der Waals surface area contributed by atoms with Crippen LogP contribution in [-0.2, 0) is 4.79 Å². The number of carboxylic acids is 1. The van der Waals surface area contributed by atoms with Gasteiger partial charge < -0.3 is 15.7 Å². The fraction of sp³-hybridized carbons (Fsp3) is 0.385. The largest absolute Gasteiger partial charge is 0.480 e. The first-order valence-electron chi connectivity index (χ1n) is 6.01. The molecule has 0 heterocycles. The number of amides is 2. The summed E-state index contributed by atoms with van der Waals surface area (Å²) in [6, 6.07) is 2.70. The molecule has 5 nitrogen and oxygen atoms in total. The number of nitrogens with one attached hydrogen (secondary N) is 2. The second kappa shape index (κ2) is 6.72. The summed E-state index contributed by atoms with van der Waals surface area (Å²) in [5.41, 5.74) is 0.623. The lowest BCUT2D eigenvalue weighted by molar-refractivity contribution is -0.139. The van der Waals surface area contributed by atoms with Crippen LogP contribution >= 0.6 is 0 Å². The van der Waals surface area contributed by atoms with Crippen molar-refractivity contribution in [3.63, 3.8) is 0 Å². The van der Waals surface area contributed by atoms with Crippen molar-refractivity contribution in [3.05, 3.63) is 29.6 Å². The van der Waals surface area contributed by atoms with Gasteiger partial charge in [-0.3, -0.25) is 0 Å². The van der Waals surface area contributed by atoms with Crippen molar-refractivity contribution in [2.45, 2.75) is 32.7 Å². The lowest BCUT2D eigenvalue weighted by Crippen LogP contribution is -2.43. The molecule has 1 rings (SSSR count). The Morgan fingerprint density at radius 3 is 2.68 bits per heavy atom. The summed E-state index contributed by atoms with van der Waals surface area (Å²) < 4.78 is 13.3. The third kappa shape index (κ3) is 4.24. The van der Waals surface area contributed by atoms with E-state index in [4.69, 9.17) is 5.11 Å². The van der Waals surface area contributed by atoms with Gasteiger partial charge in [0.15, 0.2) is 0 Å². The van der Waals surface area contributed by atoms with Gasteiger partial charge in [0.2, 0.25) is 0 Å². The number of hydrogen-bond donors (Lipinski definition) is 3. The normalized spacial score (nSPS) is 11.7. The zero-order valence-electron chi connectivity index (χ0n) is 10.9. The van der Waals surface area contributed by atoms with Crippen molar-refractivity contribution in [2.75, 3.05) is 5.32 Å². The van der Waals surface area contributed by atoms with Crippen molar-refractivity contribution >= 4 is 17.7 Å². The molecule has 104 valence electrons. The van der Waals surface area contributed by atoms with Crippen LogP contribution in [0.15, 0.2) is 18.2 Å².